The lowest BCUT2D eigenvalue weighted by molar-refractivity contribution is 0.474. The van der Waals surface area contributed by atoms with E-state index in [0.717, 1.165) is 22.3 Å². The van der Waals surface area contributed by atoms with Crippen LogP contribution in [0.3, 0.4) is 0 Å². The van der Waals surface area contributed by atoms with E-state index in [1.807, 2.05) is 36.4 Å². The van der Waals surface area contributed by atoms with Crippen molar-refractivity contribution < 1.29 is 19.7 Å². The molecule has 0 aliphatic rings. The van der Waals surface area contributed by atoms with Crippen LogP contribution in [0.2, 0.25) is 0 Å². The zero-order valence-electron chi connectivity index (χ0n) is 15.5. The second kappa shape index (κ2) is 7.32. The van der Waals surface area contributed by atoms with Gasteiger partial charge in [-0.1, -0.05) is 48.5 Å². The van der Waals surface area contributed by atoms with Crippen LogP contribution in [0.5, 0.6) is 17.2 Å². The van der Waals surface area contributed by atoms with Gasteiger partial charge in [-0.2, -0.15) is 0 Å². The van der Waals surface area contributed by atoms with Crippen molar-refractivity contribution in [3.8, 4) is 17.2 Å². The van der Waals surface area contributed by atoms with E-state index in [2.05, 4.69) is 0 Å². The van der Waals surface area contributed by atoms with Crippen LogP contribution in [0.15, 0.2) is 97.1 Å². The molecular formula is C25H19FO3. The predicted molar refractivity (Wildman–Crippen MR) is 110 cm³/mol. The fraction of sp³-hybridized carbons (Fsp3) is 0.0400. The molecule has 0 radical (unpaired) electrons. The van der Waals surface area contributed by atoms with Crippen molar-refractivity contribution in [2.24, 2.45) is 0 Å². The number of hydrogen-bond acceptors (Lipinski definition) is 3. The number of halogens is 1. The number of aromatic hydroxyl groups is 3. The molecule has 3 nitrogen and oxygen atoms in total. The number of benzene rings is 4. The van der Waals surface area contributed by atoms with Crippen molar-refractivity contribution in [3.63, 3.8) is 0 Å². The molecule has 0 bridgehead atoms. The van der Waals surface area contributed by atoms with E-state index >= 15 is 0 Å². The summed E-state index contributed by atoms with van der Waals surface area (Å²) in [4.78, 5) is 0. The van der Waals surface area contributed by atoms with Crippen LogP contribution in [0, 0.1) is 5.82 Å². The fourth-order valence-corrected chi connectivity index (χ4v) is 3.83. The summed E-state index contributed by atoms with van der Waals surface area (Å²) in [5.41, 5.74) is 2.49. The van der Waals surface area contributed by atoms with Crippen molar-refractivity contribution in [2.45, 2.75) is 5.41 Å². The van der Waals surface area contributed by atoms with Gasteiger partial charge in [0.15, 0.2) is 0 Å². The third-order valence-electron chi connectivity index (χ3n) is 5.18. The topological polar surface area (TPSA) is 60.7 Å². The molecule has 4 aromatic rings. The van der Waals surface area contributed by atoms with Crippen LogP contribution in [-0.2, 0) is 5.41 Å². The maximum Gasteiger partial charge on any atom is 0.123 e. The Morgan fingerprint density at radius 1 is 0.414 bits per heavy atom. The molecule has 3 N–H and O–H groups in total. The Hall–Kier alpha value is -3.79. The molecule has 4 aromatic carbocycles. The van der Waals surface area contributed by atoms with Gasteiger partial charge in [-0.25, -0.2) is 4.39 Å². The van der Waals surface area contributed by atoms with Gasteiger partial charge >= 0.3 is 0 Å². The van der Waals surface area contributed by atoms with Crippen LogP contribution in [0.1, 0.15) is 22.3 Å². The standard InChI is InChI=1S/C25H19FO3/c26-21-9-1-17(2-10-21)25(18-3-11-22(27)12-4-18,19-5-13-23(28)14-6-19)20-7-15-24(29)16-8-20/h1-16,27-29H. The number of rotatable bonds is 4. The van der Waals surface area contributed by atoms with E-state index in [1.165, 1.54) is 12.1 Å². The molecule has 0 heterocycles. The Kier molecular flexibility index (Phi) is 4.69. The SMILES string of the molecule is Oc1ccc(C(c2ccc(O)cc2)(c2ccc(O)cc2)c2ccc(F)cc2)cc1. The summed E-state index contributed by atoms with van der Waals surface area (Å²) in [6.45, 7) is 0. The van der Waals surface area contributed by atoms with Crippen molar-refractivity contribution in [2.75, 3.05) is 0 Å². The van der Waals surface area contributed by atoms with Crippen LogP contribution >= 0.6 is 0 Å². The maximum atomic E-state index is 13.7. The monoisotopic (exact) mass is 386 g/mol. The van der Waals surface area contributed by atoms with Gasteiger partial charge in [-0.05, 0) is 70.8 Å². The summed E-state index contributed by atoms with van der Waals surface area (Å²) in [6, 6.07) is 26.8. The molecule has 29 heavy (non-hydrogen) atoms. The molecule has 0 saturated carbocycles. The third kappa shape index (κ3) is 3.29. The van der Waals surface area contributed by atoms with Gasteiger partial charge in [0, 0.05) is 0 Å². The lowest BCUT2D eigenvalue weighted by atomic mass is 9.65. The molecule has 0 spiro atoms. The summed E-state index contributed by atoms with van der Waals surface area (Å²) >= 11 is 0. The van der Waals surface area contributed by atoms with E-state index in [-0.39, 0.29) is 23.1 Å². The molecule has 4 rings (SSSR count). The predicted octanol–water partition coefficient (Wildman–Crippen LogP) is 5.33. The highest BCUT2D eigenvalue weighted by atomic mass is 19.1. The average Bonchev–Trinajstić information content (AvgIpc) is 2.73. The number of hydrogen-bond donors (Lipinski definition) is 3. The first kappa shape index (κ1) is 18.6. The van der Waals surface area contributed by atoms with Crippen LogP contribution < -0.4 is 0 Å². The normalized spacial score (nSPS) is 11.3. The molecule has 144 valence electrons. The number of phenols is 3. The van der Waals surface area contributed by atoms with Crippen molar-refractivity contribution in [1.29, 1.82) is 0 Å². The molecule has 0 aliphatic heterocycles. The Bertz CT molecular complexity index is 913. The minimum absolute atomic E-state index is 0.137. The lowest BCUT2D eigenvalue weighted by Crippen LogP contribution is -2.31. The quantitative estimate of drug-likeness (QED) is 0.416. The Morgan fingerprint density at radius 2 is 0.655 bits per heavy atom. The van der Waals surface area contributed by atoms with E-state index in [0.29, 0.717) is 0 Å². The van der Waals surface area contributed by atoms with Crippen LogP contribution in [0.25, 0.3) is 0 Å². The van der Waals surface area contributed by atoms with Crippen molar-refractivity contribution >= 4 is 0 Å². The number of phenolic OH excluding ortho intramolecular Hbond substituents is 3. The zero-order chi connectivity index (χ0) is 20.4. The van der Waals surface area contributed by atoms with Gasteiger partial charge in [-0.3, -0.25) is 0 Å². The van der Waals surface area contributed by atoms with Gasteiger partial charge in [0.05, 0.1) is 5.41 Å². The van der Waals surface area contributed by atoms with E-state index < -0.39 is 5.41 Å². The van der Waals surface area contributed by atoms with E-state index in [4.69, 9.17) is 0 Å². The molecule has 0 saturated heterocycles. The lowest BCUT2D eigenvalue weighted by Gasteiger charge is -2.37. The Labute approximate surface area is 168 Å². The first-order valence-electron chi connectivity index (χ1n) is 9.15. The molecule has 0 aliphatic carbocycles. The first-order valence-corrected chi connectivity index (χ1v) is 9.15. The smallest absolute Gasteiger partial charge is 0.123 e. The van der Waals surface area contributed by atoms with Gasteiger partial charge in [0.25, 0.3) is 0 Å². The highest BCUT2D eigenvalue weighted by Crippen LogP contribution is 2.46. The second-order valence-corrected chi connectivity index (χ2v) is 6.90. The molecule has 0 atom stereocenters. The highest BCUT2D eigenvalue weighted by Gasteiger charge is 2.38. The highest BCUT2D eigenvalue weighted by molar-refractivity contribution is 5.61. The van der Waals surface area contributed by atoms with E-state index in [9.17, 15) is 19.7 Å². The fourth-order valence-electron chi connectivity index (χ4n) is 3.83. The Balaban J connectivity index is 2.11. The van der Waals surface area contributed by atoms with Gasteiger partial charge < -0.3 is 15.3 Å². The van der Waals surface area contributed by atoms with Gasteiger partial charge in [0.2, 0.25) is 0 Å². The maximum absolute atomic E-state index is 13.7. The van der Waals surface area contributed by atoms with E-state index in [1.54, 1.807) is 48.5 Å². The largest absolute Gasteiger partial charge is 0.508 e. The molecule has 0 fully saturated rings. The van der Waals surface area contributed by atoms with Gasteiger partial charge in [0.1, 0.15) is 23.1 Å². The minimum Gasteiger partial charge on any atom is -0.508 e. The van der Waals surface area contributed by atoms with Crippen LogP contribution in [-0.4, -0.2) is 15.3 Å². The zero-order valence-corrected chi connectivity index (χ0v) is 15.5. The molecule has 0 aromatic heterocycles. The summed E-state index contributed by atoms with van der Waals surface area (Å²) in [5, 5.41) is 29.5. The minimum atomic E-state index is -0.858. The van der Waals surface area contributed by atoms with Crippen molar-refractivity contribution in [1.82, 2.24) is 0 Å². The average molecular weight is 386 g/mol. The summed E-state index contributed by atoms with van der Waals surface area (Å²) in [5.74, 6) is 0.0688. The molecule has 0 amide bonds. The summed E-state index contributed by atoms with van der Waals surface area (Å²) in [7, 11) is 0. The van der Waals surface area contributed by atoms with Crippen LogP contribution in [0.4, 0.5) is 4.39 Å². The molecule has 4 heteroatoms. The van der Waals surface area contributed by atoms with Gasteiger partial charge in [-0.15, -0.1) is 0 Å². The second-order valence-electron chi connectivity index (χ2n) is 6.90. The third-order valence-corrected chi connectivity index (χ3v) is 5.18. The summed E-state index contributed by atoms with van der Waals surface area (Å²) in [6.07, 6.45) is 0. The molecular weight excluding hydrogens is 367 g/mol. The Morgan fingerprint density at radius 3 is 0.931 bits per heavy atom. The first-order chi connectivity index (χ1) is 14.0. The summed E-state index contributed by atoms with van der Waals surface area (Å²) < 4.78 is 13.7. The van der Waals surface area contributed by atoms with Crippen molar-refractivity contribution in [3.05, 3.63) is 125 Å². The molecule has 0 unspecified atom stereocenters.